The largest absolute Gasteiger partial charge is 0.341 e. The first-order valence-corrected chi connectivity index (χ1v) is 8.07. The van der Waals surface area contributed by atoms with Crippen LogP contribution in [0.25, 0.3) is 0 Å². The summed E-state index contributed by atoms with van der Waals surface area (Å²) in [6, 6.07) is 16.9. The van der Waals surface area contributed by atoms with E-state index in [0.29, 0.717) is 6.54 Å². The van der Waals surface area contributed by atoms with Crippen molar-refractivity contribution in [3.8, 4) is 0 Å². The third-order valence-electron chi connectivity index (χ3n) is 4.35. The van der Waals surface area contributed by atoms with Crippen LogP contribution in [0.1, 0.15) is 22.7 Å². The Hall–Kier alpha value is -2.66. The lowest BCUT2D eigenvalue weighted by Gasteiger charge is -2.34. The molecule has 1 atom stereocenters. The van der Waals surface area contributed by atoms with Gasteiger partial charge in [0, 0.05) is 20.1 Å². The molecule has 0 radical (unpaired) electrons. The molecular formula is C19H21N3O2. The molecule has 3 amide bonds. The van der Waals surface area contributed by atoms with Crippen molar-refractivity contribution < 1.29 is 9.59 Å². The average Bonchev–Trinajstić information content (AvgIpc) is 2.62. The van der Waals surface area contributed by atoms with Crippen LogP contribution in [0.2, 0.25) is 0 Å². The molecule has 5 heteroatoms. The van der Waals surface area contributed by atoms with E-state index in [-0.39, 0.29) is 5.91 Å². The van der Waals surface area contributed by atoms with Crippen LogP contribution in [-0.4, -0.2) is 30.4 Å². The lowest BCUT2D eigenvalue weighted by atomic mass is 9.96. The first-order chi connectivity index (χ1) is 11.7. The number of carbonyl (C=O) groups is 2. The Bertz CT molecular complexity index is 730. The van der Waals surface area contributed by atoms with Gasteiger partial charge in [-0.25, -0.2) is 4.79 Å². The third-order valence-corrected chi connectivity index (χ3v) is 4.35. The minimum Gasteiger partial charge on any atom is -0.341 e. The summed E-state index contributed by atoms with van der Waals surface area (Å²) < 4.78 is 0. The quantitative estimate of drug-likeness (QED) is 0.911. The first kappa shape index (κ1) is 16.2. The van der Waals surface area contributed by atoms with Crippen molar-refractivity contribution in [3.63, 3.8) is 0 Å². The lowest BCUT2D eigenvalue weighted by Crippen LogP contribution is -2.46. The van der Waals surface area contributed by atoms with Gasteiger partial charge in [-0.05, 0) is 23.1 Å². The zero-order chi connectivity index (χ0) is 16.9. The van der Waals surface area contributed by atoms with E-state index in [1.165, 1.54) is 18.2 Å². The molecule has 0 saturated carbocycles. The van der Waals surface area contributed by atoms with Crippen LogP contribution in [0.5, 0.6) is 0 Å². The van der Waals surface area contributed by atoms with Gasteiger partial charge in [0.15, 0.2) is 0 Å². The number of rotatable bonds is 3. The molecule has 124 valence electrons. The van der Waals surface area contributed by atoms with Crippen molar-refractivity contribution in [1.29, 1.82) is 0 Å². The minimum atomic E-state index is -0.489. The molecule has 2 aromatic rings. The van der Waals surface area contributed by atoms with Gasteiger partial charge in [-0.15, -0.1) is 0 Å². The molecule has 0 aromatic heterocycles. The Kier molecular flexibility index (Phi) is 4.91. The highest BCUT2D eigenvalue weighted by atomic mass is 16.2. The maximum atomic E-state index is 12.7. The van der Waals surface area contributed by atoms with E-state index < -0.39 is 12.1 Å². The second-order valence-corrected chi connectivity index (χ2v) is 5.87. The number of urea groups is 1. The van der Waals surface area contributed by atoms with E-state index in [9.17, 15) is 9.59 Å². The highest BCUT2D eigenvalue weighted by molar-refractivity contribution is 5.97. The van der Waals surface area contributed by atoms with Crippen molar-refractivity contribution in [2.24, 2.45) is 0 Å². The zero-order valence-electron chi connectivity index (χ0n) is 13.7. The van der Waals surface area contributed by atoms with Crippen molar-refractivity contribution in [1.82, 2.24) is 15.5 Å². The van der Waals surface area contributed by atoms with Crippen LogP contribution in [-0.2, 0) is 17.8 Å². The zero-order valence-corrected chi connectivity index (χ0v) is 13.7. The number of hydrogen-bond acceptors (Lipinski definition) is 3. The molecule has 2 N–H and O–H groups in total. The van der Waals surface area contributed by atoms with Gasteiger partial charge in [0.25, 0.3) is 0 Å². The Morgan fingerprint density at radius 1 is 1.00 bits per heavy atom. The summed E-state index contributed by atoms with van der Waals surface area (Å²) in [5.41, 5.74) is 3.45. The summed E-state index contributed by atoms with van der Waals surface area (Å²) in [6.45, 7) is 1.47. The molecule has 3 rings (SSSR count). The maximum absolute atomic E-state index is 12.7. The summed E-state index contributed by atoms with van der Waals surface area (Å²) >= 11 is 0. The summed E-state index contributed by atoms with van der Waals surface area (Å²) in [7, 11) is 1.50. The Morgan fingerprint density at radius 2 is 1.67 bits per heavy atom. The normalized spacial score (nSPS) is 15.2. The molecule has 5 nitrogen and oxygen atoms in total. The molecule has 24 heavy (non-hydrogen) atoms. The van der Waals surface area contributed by atoms with Crippen LogP contribution < -0.4 is 10.6 Å². The number of nitrogens with one attached hydrogen (secondary N) is 2. The fourth-order valence-electron chi connectivity index (χ4n) is 3.14. The molecule has 2 aromatic carbocycles. The Balaban J connectivity index is 1.88. The molecule has 0 bridgehead atoms. The van der Waals surface area contributed by atoms with E-state index in [4.69, 9.17) is 0 Å². The number of imide groups is 1. The van der Waals surface area contributed by atoms with Gasteiger partial charge >= 0.3 is 6.03 Å². The Morgan fingerprint density at radius 3 is 2.38 bits per heavy atom. The summed E-state index contributed by atoms with van der Waals surface area (Å²) in [4.78, 5) is 26.4. The standard InChI is InChI=1S/C19H21N3O2/c1-20-19(24)21-18(23)17(15-8-3-2-4-9-15)22-12-11-14-7-5-6-10-16(14)13-22/h2-10,17H,11-13H2,1H3,(H2,20,21,23,24)/t17-/m0/s1. The van der Waals surface area contributed by atoms with Gasteiger partial charge < -0.3 is 5.32 Å². The van der Waals surface area contributed by atoms with Crippen LogP contribution in [0.4, 0.5) is 4.79 Å². The molecule has 1 aliphatic rings. The van der Waals surface area contributed by atoms with Crippen molar-refractivity contribution in [3.05, 3.63) is 71.3 Å². The van der Waals surface area contributed by atoms with E-state index in [1.807, 2.05) is 42.5 Å². The number of benzene rings is 2. The van der Waals surface area contributed by atoms with E-state index in [2.05, 4.69) is 27.7 Å². The topological polar surface area (TPSA) is 61.4 Å². The van der Waals surface area contributed by atoms with Gasteiger partial charge in [0.2, 0.25) is 5.91 Å². The van der Waals surface area contributed by atoms with E-state index >= 15 is 0 Å². The second kappa shape index (κ2) is 7.27. The van der Waals surface area contributed by atoms with Gasteiger partial charge in [0.05, 0.1) is 0 Å². The van der Waals surface area contributed by atoms with Crippen LogP contribution in [0, 0.1) is 0 Å². The molecule has 0 saturated heterocycles. The Labute approximate surface area is 141 Å². The first-order valence-electron chi connectivity index (χ1n) is 8.07. The summed E-state index contributed by atoms with van der Waals surface area (Å²) in [5, 5.41) is 4.85. The maximum Gasteiger partial charge on any atom is 0.321 e. The van der Waals surface area contributed by atoms with E-state index in [0.717, 1.165) is 18.5 Å². The summed E-state index contributed by atoms with van der Waals surface area (Å²) in [6.07, 6.45) is 0.896. The monoisotopic (exact) mass is 323 g/mol. The third kappa shape index (κ3) is 3.46. The molecule has 0 spiro atoms. The van der Waals surface area contributed by atoms with Gasteiger partial charge in [0.1, 0.15) is 6.04 Å². The smallest absolute Gasteiger partial charge is 0.321 e. The predicted octanol–water partition coefficient (Wildman–Crippen LogP) is 2.24. The van der Waals surface area contributed by atoms with E-state index in [1.54, 1.807) is 0 Å². The van der Waals surface area contributed by atoms with Gasteiger partial charge in [-0.2, -0.15) is 0 Å². The second-order valence-electron chi connectivity index (χ2n) is 5.87. The van der Waals surface area contributed by atoms with Crippen molar-refractivity contribution in [2.45, 2.75) is 19.0 Å². The van der Waals surface area contributed by atoms with Gasteiger partial charge in [-0.1, -0.05) is 54.6 Å². The SMILES string of the molecule is CNC(=O)NC(=O)[C@H](c1ccccc1)N1CCc2ccccc2C1. The van der Waals surface area contributed by atoms with Crippen molar-refractivity contribution in [2.75, 3.05) is 13.6 Å². The molecular weight excluding hydrogens is 302 g/mol. The minimum absolute atomic E-state index is 0.306. The number of fused-ring (bicyclic) bond motifs is 1. The lowest BCUT2D eigenvalue weighted by molar-refractivity contribution is -0.126. The highest BCUT2D eigenvalue weighted by Gasteiger charge is 2.30. The predicted molar refractivity (Wildman–Crippen MR) is 92.3 cm³/mol. The number of nitrogens with zero attached hydrogens (tertiary/aromatic N) is 1. The van der Waals surface area contributed by atoms with Crippen molar-refractivity contribution >= 4 is 11.9 Å². The molecule has 1 heterocycles. The average molecular weight is 323 g/mol. The van der Waals surface area contributed by atoms with Crippen LogP contribution >= 0.6 is 0 Å². The van der Waals surface area contributed by atoms with Crippen LogP contribution in [0.15, 0.2) is 54.6 Å². The number of carbonyl (C=O) groups excluding carboxylic acids is 2. The number of amides is 3. The fourth-order valence-corrected chi connectivity index (χ4v) is 3.14. The van der Waals surface area contributed by atoms with Crippen LogP contribution in [0.3, 0.4) is 0 Å². The molecule has 0 aliphatic carbocycles. The summed E-state index contributed by atoms with van der Waals surface area (Å²) in [5.74, 6) is -0.306. The molecule has 0 fully saturated rings. The number of hydrogen-bond donors (Lipinski definition) is 2. The molecule has 1 aliphatic heterocycles. The van der Waals surface area contributed by atoms with Gasteiger partial charge in [-0.3, -0.25) is 15.0 Å². The fraction of sp³-hybridized carbons (Fsp3) is 0.263. The highest BCUT2D eigenvalue weighted by Crippen LogP contribution is 2.28. The molecule has 0 unspecified atom stereocenters.